The average molecular weight is 352 g/mol. The van der Waals surface area contributed by atoms with Crippen molar-refractivity contribution in [1.29, 1.82) is 0 Å². The van der Waals surface area contributed by atoms with Crippen molar-refractivity contribution >= 4 is 28.6 Å². The molecule has 0 saturated carbocycles. The molecule has 0 saturated heterocycles. The van der Waals surface area contributed by atoms with Crippen molar-refractivity contribution < 1.29 is 14.0 Å². The summed E-state index contributed by atoms with van der Waals surface area (Å²) in [6.07, 6.45) is 0. The van der Waals surface area contributed by atoms with Gasteiger partial charge < -0.3 is 5.32 Å². The quantitative estimate of drug-likeness (QED) is 0.716. The third-order valence-corrected chi connectivity index (χ3v) is 5.05. The number of anilines is 1. The third-order valence-electron chi connectivity index (χ3n) is 4.08. The molecule has 0 atom stereocenters. The molecular formula is C19H13FN2O2S. The van der Waals surface area contributed by atoms with E-state index in [-0.39, 0.29) is 5.82 Å². The highest BCUT2D eigenvalue weighted by atomic mass is 32.1. The number of aryl methyl sites for hydroxylation is 1. The van der Waals surface area contributed by atoms with Crippen LogP contribution in [0.5, 0.6) is 0 Å². The second kappa shape index (κ2) is 5.89. The summed E-state index contributed by atoms with van der Waals surface area (Å²) in [5.41, 5.74) is 3.29. The number of nitrogens with one attached hydrogen (secondary N) is 1. The second-order valence-electron chi connectivity index (χ2n) is 5.81. The standard InChI is InChI=1S/C19H13FN2O2S/c1-10-22-16-14-7-6-13(21-9-11-2-4-12(20)5-3-11)8-15(14)17(23)18(24)19(16)25-10/h2-8,21H,9H2,1H3. The first-order chi connectivity index (χ1) is 12.0. The fourth-order valence-electron chi connectivity index (χ4n) is 2.84. The van der Waals surface area contributed by atoms with Gasteiger partial charge in [0.15, 0.2) is 0 Å². The summed E-state index contributed by atoms with van der Waals surface area (Å²) in [6.45, 7) is 2.31. The number of rotatable bonds is 3. The van der Waals surface area contributed by atoms with Gasteiger partial charge in [0, 0.05) is 23.4 Å². The maximum Gasteiger partial charge on any atom is 0.245 e. The van der Waals surface area contributed by atoms with Crippen LogP contribution < -0.4 is 5.32 Å². The molecule has 1 N–H and O–H groups in total. The molecular weight excluding hydrogens is 339 g/mol. The van der Waals surface area contributed by atoms with Crippen molar-refractivity contribution in [1.82, 2.24) is 4.98 Å². The minimum absolute atomic E-state index is 0.281. The summed E-state index contributed by atoms with van der Waals surface area (Å²) in [4.78, 5) is 29.5. The molecule has 1 aliphatic carbocycles. The number of carbonyl (C=O) groups is 2. The van der Waals surface area contributed by atoms with E-state index in [0.29, 0.717) is 28.2 Å². The molecule has 0 radical (unpaired) electrons. The number of aromatic nitrogens is 1. The van der Waals surface area contributed by atoms with Gasteiger partial charge in [-0.05, 0) is 42.8 Å². The lowest BCUT2D eigenvalue weighted by molar-refractivity contribution is 0.0817. The van der Waals surface area contributed by atoms with Gasteiger partial charge in [0.2, 0.25) is 11.6 Å². The van der Waals surface area contributed by atoms with Crippen molar-refractivity contribution in [3.05, 3.63) is 69.3 Å². The van der Waals surface area contributed by atoms with Gasteiger partial charge in [-0.2, -0.15) is 0 Å². The van der Waals surface area contributed by atoms with Crippen molar-refractivity contribution in [3.63, 3.8) is 0 Å². The van der Waals surface area contributed by atoms with E-state index in [1.54, 1.807) is 18.2 Å². The first kappa shape index (κ1) is 15.7. The molecule has 4 rings (SSSR count). The van der Waals surface area contributed by atoms with Crippen LogP contribution in [0.3, 0.4) is 0 Å². The maximum atomic E-state index is 12.9. The predicted octanol–water partition coefficient (Wildman–Crippen LogP) is 4.25. The number of carbonyl (C=O) groups excluding carboxylic acids is 2. The molecule has 1 aliphatic rings. The van der Waals surface area contributed by atoms with E-state index in [0.717, 1.165) is 16.3 Å². The minimum atomic E-state index is -0.503. The Morgan fingerprint density at radius 2 is 1.80 bits per heavy atom. The van der Waals surface area contributed by atoms with Crippen molar-refractivity contribution in [2.75, 3.05) is 5.32 Å². The van der Waals surface area contributed by atoms with Gasteiger partial charge in [-0.15, -0.1) is 11.3 Å². The fraction of sp³-hybridized carbons (Fsp3) is 0.105. The number of thiazole rings is 1. The van der Waals surface area contributed by atoms with Gasteiger partial charge in [-0.1, -0.05) is 12.1 Å². The fourth-order valence-corrected chi connectivity index (χ4v) is 3.71. The zero-order chi connectivity index (χ0) is 17.6. The van der Waals surface area contributed by atoms with Gasteiger partial charge in [-0.25, -0.2) is 9.37 Å². The van der Waals surface area contributed by atoms with E-state index in [2.05, 4.69) is 10.3 Å². The number of benzene rings is 2. The van der Waals surface area contributed by atoms with Gasteiger partial charge in [-0.3, -0.25) is 9.59 Å². The van der Waals surface area contributed by atoms with E-state index in [1.807, 2.05) is 19.1 Å². The molecule has 0 unspecified atom stereocenters. The van der Waals surface area contributed by atoms with Crippen molar-refractivity contribution in [3.8, 4) is 11.3 Å². The highest BCUT2D eigenvalue weighted by molar-refractivity contribution is 7.15. The van der Waals surface area contributed by atoms with Crippen LogP contribution >= 0.6 is 11.3 Å². The van der Waals surface area contributed by atoms with Gasteiger partial charge in [0.1, 0.15) is 10.7 Å². The number of fused-ring (bicyclic) bond motifs is 3. The van der Waals surface area contributed by atoms with Crippen LogP contribution in [0, 0.1) is 12.7 Å². The zero-order valence-corrected chi connectivity index (χ0v) is 14.1. The van der Waals surface area contributed by atoms with Crippen LogP contribution in [-0.2, 0) is 6.54 Å². The van der Waals surface area contributed by atoms with Gasteiger partial charge in [0.05, 0.1) is 10.7 Å². The molecule has 1 heterocycles. The Balaban J connectivity index is 1.65. The summed E-state index contributed by atoms with van der Waals surface area (Å²) in [6, 6.07) is 11.5. The Hall–Kier alpha value is -2.86. The molecule has 124 valence electrons. The van der Waals surface area contributed by atoms with Gasteiger partial charge >= 0.3 is 0 Å². The molecule has 3 aromatic rings. The molecule has 1 aromatic heterocycles. The van der Waals surface area contributed by atoms with Crippen LogP contribution in [0.4, 0.5) is 10.1 Å². The molecule has 2 aromatic carbocycles. The number of ketones is 2. The summed E-state index contributed by atoms with van der Waals surface area (Å²) in [7, 11) is 0. The SMILES string of the molecule is Cc1nc2c(s1)C(=O)C(=O)c1cc(NCc3ccc(F)cc3)ccc1-2. The summed E-state index contributed by atoms with van der Waals surface area (Å²) in [5.74, 6) is -1.28. The van der Waals surface area contributed by atoms with Crippen LogP contribution in [0.1, 0.15) is 30.6 Å². The second-order valence-corrected chi connectivity index (χ2v) is 7.01. The van der Waals surface area contributed by atoms with Crippen molar-refractivity contribution in [2.45, 2.75) is 13.5 Å². The van der Waals surface area contributed by atoms with Crippen LogP contribution in [0.2, 0.25) is 0 Å². The summed E-state index contributed by atoms with van der Waals surface area (Å²) < 4.78 is 12.9. The zero-order valence-electron chi connectivity index (χ0n) is 13.3. The lowest BCUT2D eigenvalue weighted by Crippen LogP contribution is -2.20. The monoisotopic (exact) mass is 352 g/mol. The lowest BCUT2D eigenvalue weighted by atomic mass is 9.91. The van der Waals surface area contributed by atoms with E-state index < -0.39 is 11.6 Å². The summed E-state index contributed by atoms with van der Waals surface area (Å²) in [5, 5.41) is 3.95. The molecule has 4 nitrogen and oxygen atoms in total. The first-order valence-corrected chi connectivity index (χ1v) is 8.54. The Kier molecular flexibility index (Phi) is 3.69. The molecule has 6 heteroatoms. The number of Topliss-reactive ketones (excluding diaryl/α,β-unsaturated/α-hetero) is 2. The van der Waals surface area contributed by atoms with Gasteiger partial charge in [0.25, 0.3) is 0 Å². The number of nitrogens with zero attached hydrogens (tertiary/aromatic N) is 1. The van der Waals surface area contributed by atoms with E-state index in [1.165, 1.54) is 23.5 Å². The highest BCUT2D eigenvalue weighted by Gasteiger charge is 2.33. The smallest absolute Gasteiger partial charge is 0.245 e. The van der Waals surface area contributed by atoms with Crippen LogP contribution in [0.15, 0.2) is 42.5 Å². The number of halogens is 1. The largest absolute Gasteiger partial charge is 0.381 e. The minimum Gasteiger partial charge on any atom is -0.381 e. The maximum absolute atomic E-state index is 12.9. The average Bonchev–Trinajstić information content (AvgIpc) is 3.01. The van der Waals surface area contributed by atoms with Crippen LogP contribution in [-0.4, -0.2) is 16.6 Å². The third kappa shape index (κ3) is 2.74. The van der Waals surface area contributed by atoms with E-state index in [4.69, 9.17) is 0 Å². The molecule has 0 aliphatic heterocycles. The van der Waals surface area contributed by atoms with E-state index >= 15 is 0 Å². The molecule has 0 fully saturated rings. The van der Waals surface area contributed by atoms with Crippen LogP contribution in [0.25, 0.3) is 11.3 Å². The lowest BCUT2D eigenvalue weighted by Gasteiger charge is -2.15. The topological polar surface area (TPSA) is 59.1 Å². The summed E-state index contributed by atoms with van der Waals surface area (Å²) >= 11 is 1.25. The number of hydrogen-bond donors (Lipinski definition) is 1. The Morgan fingerprint density at radius 1 is 1.04 bits per heavy atom. The van der Waals surface area contributed by atoms with Crippen molar-refractivity contribution in [2.24, 2.45) is 0 Å². The molecule has 25 heavy (non-hydrogen) atoms. The molecule has 0 bridgehead atoms. The Morgan fingerprint density at radius 3 is 2.56 bits per heavy atom. The van der Waals surface area contributed by atoms with E-state index in [9.17, 15) is 14.0 Å². The normalized spacial score (nSPS) is 12.7. The first-order valence-electron chi connectivity index (χ1n) is 7.72. The predicted molar refractivity (Wildman–Crippen MR) is 94.7 cm³/mol. The number of hydrogen-bond acceptors (Lipinski definition) is 5. The molecule has 0 spiro atoms. The highest BCUT2D eigenvalue weighted by Crippen LogP contribution is 2.37. The Labute approximate surface area is 147 Å². The Bertz CT molecular complexity index is 1010. The molecule has 0 amide bonds.